The number of carbonyl (C=O) groups excluding carboxylic acids is 1. The summed E-state index contributed by atoms with van der Waals surface area (Å²) in [5.74, 6) is -0.402. The van der Waals surface area contributed by atoms with E-state index in [1.54, 1.807) is 30.3 Å². The Balaban J connectivity index is 1.79. The molecule has 1 aromatic heterocycles. The summed E-state index contributed by atoms with van der Waals surface area (Å²) in [6.07, 6.45) is 0. The molecule has 0 unspecified atom stereocenters. The first-order chi connectivity index (χ1) is 11.1. The van der Waals surface area contributed by atoms with E-state index in [4.69, 9.17) is 23.2 Å². The van der Waals surface area contributed by atoms with Crippen LogP contribution < -0.4 is 5.32 Å². The van der Waals surface area contributed by atoms with Gasteiger partial charge in [0.25, 0.3) is 5.91 Å². The molecule has 0 atom stereocenters. The molecule has 0 bridgehead atoms. The van der Waals surface area contributed by atoms with Gasteiger partial charge in [-0.25, -0.2) is 0 Å². The molecule has 4 nitrogen and oxygen atoms in total. The number of amides is 1. The van der Waals surface area contributed by atoms with Crippen LogP contribution in [0, 0.1) is 0 Å². The highest BCUT2D eigenvalue weighted by molar-refractivity contribution is 6.44. The van der Waals surface area contributed by atoms with E-state index in [2.05, 4.69) is 15.5 Å². The van der Waals surface area contributed by atoms with Crippen LogP contribution in [0.4, 0.5) is 5.69 Å². The fourth-order valence-corrected chi connectivity index (χ4v) is 2.35. The first kappa shape index (κ1) is 15.5. The number of nitrogens with zero attached hydrogens (tertiary/aromatic N) is 2. The maximum Gasteiger partial charge on any atom is 0.276 e. The summed E-state index contributed by atoms with van der Waals surface area (Å²) >= 11 is 12.0. The summed E-state index contributed by atoms with van der Waals surface area (Å²) in [6.45, 7) is 0. The molecule has 114 valence electrons. The summed E-state index contributed by atoms with van der Waals surface area (Å²) in [6, 6.07) is 18.0. The Morgan fingerprint density at radius 2 is 1.65 bits per heavy atom. The van der Waals surface area contributed by atoms with Crippen LogP contribution in [0.2, 0.25) is 10.0 Å². The molecule has 2 aromatic carbocycles. The van der Waals surface area contributed by atoms with Crippen LogP contribution in [0.5, 0.6) is 0 Å². The molecule has 0 aliphatic carbocycles. The molecule has 0 saturated carbocycles. The van der Waals surface area contributed by atoms with Gasteiger partial charge in [-0.05, 0) is 24.3 Å². The van der Waals surface area contributed by atoms with Gasteiger partial charge in [-0.2, -0.15) is 0 Å². The van der Waals surface area contributed by atoms with E-state index in [1.807, 2.05) is 30.3 Å². The van der Waals surface area contributed by atoms with E-state index in [1.165, 1.54) is 0 Å². The van der Waals surface area contributed by atoms with Crippen molar-refractivity contribution in [2.75, 3.05) is 5.32 Å². The molecule has 3 rings (SSSR count). The zero-order valence-electron chi connectivity index (χ0n) is 11.8. The molecule has 1 amide bonds. The summed E-state index contributed by atoms with van der Waals surface area (Å²) in [5.41, 5.74) is 2.26. The van der Waals surface area contributed by atoms with E-state index in [0.717, 1.165) is 5.56 Å². The molecule has 0 fully saturated rings. The third kappa shape index (κ3) is 3.50. The Labute approximate surface area is 143 Å². The average Bonchev–Trinajstić information content (AvgIpc) is 2.60. The van der Waals surface area contributed by atoms with Crippen LogP contribution in [-0.2, 0) is 0 Å². The minimum Gasteiger partial charge on any atom is -0.319 e. The highest BCUT2D eigenvalue weighted by Gasteiger charge is 2.12. The molecule has 1 heterocycles. The molecular weight excluding hydrogens is 333 g/mol. The van der Waals surface area contributed by atoms with Crippen LogP contribution in [0.15, 0.2) is 60.7 Å². The van der Waals surface area contributed by atoms with E-state index in [-0.39, 0.29) is 10.7 Å². The Kier molecular flexibility index (Phi) is 4.55. The fourth-order valence-electron chi connectivity index (χ4n) is 2.00. The van der Waals surface area contributed by atoms with Crippen molar-refractivity contribution in [2.24, 2.45) is 0 Å². The van der Waals surface area contributed by atoms with Gasteiger partial charge >= 0.3 is 0 Å². The first-order valence-corrected chi connectivity index (χ1v) is 7.55. The van der Waals surface area contributed by atoms with Crippen molar-refractivity contribution < 1.29 is 4.79 Å². The van der Waals surface area contributed by atoms with Crippen LogP contribution in [-0.4, -0.2) is 16.1 Å². The second-order valence-electron chi connectivity index (χ2n) is 4.73. The number of nitrogens with one attached hydrogen (secondary N) is 1. The molecule has 0 radical (unpaired) electrons. The summed E-state index contributed by atoms with van der Waals surface area (Å²) < 4.78 is 0. The molecule has 0 aliphatic heterocycles. The van der Waals surface area contributed by atoms with Crippen molar-refractivity contribution in [3.05, 3.63) is 76.4 Å². The second-order valence-corrected chi connectivity index (χ2v) is 5.51. The maximum absolute atomic E-state index is 12.2. The van der Waals surface area contributed by atoms with Crippen LogP contribution in [0.25, 0.3) is 11.3 Å². The number of anilines is 1. The summed E-state index contributed by atoms with van der Waals surface area (Å²) in [4.78, 5) is 12.2. The number of hydrogen-bond acceptors (Lipinski definition) is 3. The standard InChI is InChI=1S/C17H11Cl2N3O/c18-12-7-4-8-14(16(12)19)20-17(23)15-10-9-13(21-22-15)11-5-2-1-3-6-11/h1-10H,(H,20,23). The van der Waals surface area contributed by atoms with E-state index < -0.39 is 5.91 Å². The lowest BCUT2D eigenvalue weighted by atomic mass is 10.1. The topological polar surface area (TPSA) is 54.9 Å². The largest absolute Gasteiger partial charge is 0.319 e. The third-order valence-electron chi connectivity index (χ3n) is 3.17. The summed E-state index contributed by atoms with van der Waals surface area (Å²) in [5, 5.41) is 11.4. The Bertz CT molecular complexity index is 836. The maximum atomic E-state index is 12.2. The van der Waals surface area contributed by atoms with Crippen LogP contribution in [0.3, 0.4) is 0 Å². The zero-order valence-corrected chi connectivity index (χ0v) is 13.3. The SMILES string of the molecule is O=C(Nc1cccc(Cl)c1Cl)c1ccc(-c2ccccc2)nn1. The lowest BCUT2D eigenvalue weighted by Gasteiger charge is -2.07. The monoisotopic (exact) mass is 343 g/mol. The first-order valence-electron chi connectivity index (χ1n) is 6.79. The lowest BCUT2D eigenvalue weighted by molar-refractivity contribution is 0.102. The van der Waals surface area contributed by atoms with Crippen molar-refractivity contribution in [3.8, 4) is 11.3 Å². The van der Waals surface area contributed by atoms with Gasteiger partial charge in [0.1, 0.15) is 0 Å². The molecule has 0 saturated heterocycles. The van der Waals surface area contributed by atoms with Gasteiger partial charge < -0.3 is 5.32 Å². The van der Waals surface area contributed by atoms with Gasteiger partial charge in [0.05, 0.1) is 21.4 Å². The highest BCUT2D eigenvalue weighted by atomic mass is 35.5. The molecule has 0 aliphatic rings. The fraction of sp³-hybridized carbons (Fsp3) is 0. The Morgan fingerprint density at radius 3 is 2.35 bits per heavy atom. The minimum atomic E-state index is -0.402. The summed E-state index contributed by atoms with van der Waals surface area (Å²) in [7, 11) is 0. The van der Waals surface area contributed by atoms with Crippen LogP contribution in [0.1, 0.15) is 10.5 Å². The number of hydrogen-bond donors (Lipinski definition) is 1. The van der Waals surface area contributed by atoms with Gasteiger partial charge in [0.15, 0.2) is 5.69 Å². The number of rotatable bonds is 3. The van der Waals surface area contributed by atoms with Gasteiger partial charge in [-0.3, -0.25) is 4.79 Å². The van der Waals surface area contributed by atoms with E-state index in [0.29, 0.717) is 16.4 Å². The van der Waals surface area contributed by atoms with Gasteiger partial charge in [-0.1, -0.05) is 59.6 Å². The number of benzene rings is 2. The van der Waals surface area contributed by atoms with Gasteiger partial charge in [0, 0.05) is 5.56 Å². The average molecular weight is 344 g/mol. The quantitative estimate of drug-likeness (QED) is 0.749. The predicted octanol–water partition coefficient (Wildman–Crippen LogP) is 4.70. The van der Waals surface area contributed by atoms with Crippen LogP contribution >= 0.6 is 23.2 Å². The molecular formula is C17H11Cl2N3O. The predicted molar refractivity (Wildman–Crippen MR) is 91.9 cm³/mol. The number of aromatic nitrogens is 2. The number of halogens is 2. The normalized spacial score (nSPS) is 10.3. The molecule has 1 N–H and O–H groups in total. The highest BCUT2D eigenvalue weighted by Crippen LogP contribution is 2.29. The molecule has 3 aromatic rings. The minimum absolute atomic E-state index is 0.195. The van der Waals surface area contributed by atoms with Crippen molar-refractivity contribution >= 4 is 34.8 Å². The molecule has 0 spiro atoms. The molecule has 23 heavy (non-hydrogen) atoms. The van der Waals surface area contributed by atoms with Gasteiger partial charge in [-0.15, -0.1) is 10.2 Å². The Morgan fingerprint density at radius 1 is 0.870 bits per heavy atom. The van der Waals surface area contributed by atoms with E-state index in [9.17, 15) is 4.79 Å². The molecule has 6 heteroatoms. The lowest BCUT2D eigenvalue weighted by Crippen LogP contribution is -2.14. The van der Waals surface area contributed by atoms with Crippen molar-refractivity contribution in [1.29, 1.82) is 0 Å². The van der Waals surface area contributed by atoms with Crippen molar-refractivity contribution in [2.45, 2.75) is 0 Å². The third-order valence-corrected chi connectivity index (χ3v) is 3.99. The van der Waals surface area contributed by atoms with Crippen molar-refractivity contribution in [1.82, 2.24) is 10.2 Å². The van der Waals surface area contributed by atoms with Crippen molar-refractivity contribution in [3.63, 3.8) is 0 Å². The second kappa shape index (κ2) is 6.77. The zero-order chi connectivity index (χ0) is 16.2. The smallest absolute Gasteiger partial charge is 0.276 e. The van der Waals surface area contributed by atoms with E-state index >= 15 is 0 Å². The Hall–Kier alpha value is -2.43. The number of carbonyl (C=O) groups is 1. The van der Waals surface area contributed by atoms with Gasteiger partial charge in [0.2, 0.25) is 0 Å².